The summed E-state index contributed by atoms with van der Waals surface area (Å²) in [5, 5.41) is 14.6. The maximum Gasteiger partial charge on any atom is 0.334 e. The molecule has 37 heavy (non-hydrogen) atoms. The lowest BCUT2D eigenvalue weighted by Gasteiger charge is -2.24. The van der Waals surface area contributed by atoms with Gasteiger partial charge in [-0.2, -0.15) is 5.21 Å². The molecule has 0 spiro atoms. The van der Waals surface area contributed by atoms with Crippen LogP contribution in [0.15, 0.2) is 72.0 Å². The van der Waals surface area contributed by atoms with E-state index < -0.39 is 0 Å². The molecule has 0 saturated carbocycles. The van der Waals surface area contributed by atoms with Gasteiger partial charge in [0.2, 0.25) is 5.82 Å². The molecule has 0 bridgehead atoms. The molecular weight excluding hydrogens is 464 g/mol. The van der Waals surface area contributed by atoms with Crippen molar-refractivity contribution >= 4 is 0 Å². The predicted octanol–water partition coefficient (Wildman–Crippen LogP) is 4.83. The van der Waals surface area contributed by atoms with E-state index in [2.05, 4.69) is 57.9 Å². The highest BCUT2D eigenvalue weighted by molar-refractivity contribution is 5.81. The third kappa shape index (κ3) is 4.76. The van der Waals surface area contributed by atoms with Gasteiger partial charge in [-0.05, 0) is 73.7 Å². The van der Waals surface area contributed by atoms with Gasteiger partial charge in [-0.1, -0.05) is 37.6 Å². The zero-order valence-electron chi connectivity index (χ0n) is 21.7. The second-order valence-electron chi connectivity index (χ2n) is 10.2. The number of aryl methyl sites for hydroxylation is 1. The van der Waals surface area contributed by atoms with E-state index in [0.29, 0.717) is 12.4 Å². The van der Waals surface area contributed by atoms with Crippen LogP contribution in [0.2, 0.25) is 0 Å². The number of tetrazole rings is 1. The molecule has 0 amide bonds. The van der Waals surface area contributed by atoms with Crippen molar-refractivity contribution in [3.63, 3.8) is 0 Å². The van der Waals surface area contributed by atoms with Crippen molar-refractivity contribution < 1.29 is 0 Å². The molecule has 0 atom stereocenters. The molecule has 190 valence electrons. The van der Waals surface area contributed by atoms with Gasteiger partial charge in [0.05, 0.1) is 6.54 Å². The first-order chi connectivity index (χ1) is 17.9. The molecule has 4 aromatic heterocycles. The topological polar surface area (TPSA) is 99.2 Å². The van der Waals surface area contributed by atoms with Gasteiger partial charge in [-0.3, -0.25) is 14.1 Å². The first kappa shape index (κ1) is 24.4. The summed E-state index contributed by atoms with van der Waals surface area (Å²) in [6.07, 6.45) is 10.5. The van der Waals surface area contributed by atoms with Gasteiger partial charge in [0.1, 0.15) is 5.82 Å². The Kier molecular flexibility index (Phi) is 6.60. The van der Waals surface area contributed by atoms with Gasteiger partial charge < -0.3 is 4.57 Å². The van der Waals surface area contributed by atoms with Crippen LogP contribution in [0, 0.1) is 0 Å². The van der Waals surface area contributed by atoms with Gasteiger partial charge in [-0.25, -0.2) is 4.79 Å². The summed E-state index contributed by atoms with van der Waals surface area (Å²) in [4.78, 5) is 18.3. The summed E-state index contributed by atoms with van der Waals surface area (Å²) < 4.78 is 5.80. The molecule has 0 saturated heterocycles. The van der Waals surface area contributed by atoms with Crippen molar-refractivity contribution in [1.29, 1.82) is 0 Å². The van der Waals surface area contributed by atoms with Crippen LogP contribution in [0.1, 0.15) is 51.8 Å². The molecule has 0 aliphatic rings. The second-order valence-corrected chi connectivity index (χ2v) is 10.2. The minimum absolute atomic E-state index is 0.0587. The molecule has 4 heterocycles. The van der Waals surface area contributed by atoms with Crippen molar-refractivity contribution in [3.05, 3.63) is 89.0 Å². The van der Waals surface area contributed by atoms with Crippen molar-refractivity contribution in [2.75, 3.05) is 0 Å². The number of pyridine rings is 1. The number of hydrogen-bond donors (Lipinski definition) is 1. The predicted molar refractivity (Wildman–Crippen MR) is 144 cm³/mol. The van der Waals surface area contributed by atoms with E-state index in [1.54, 1.807) is 10.8 Å². The lowest BCUT2D eigenvalue weighted by Crippen LogP contribution is -2.29. The maximum atomic E-state index is 13.9. The highest BCUT2D eigenvalue weighted by Crippen LogP contribution is 2.32. The Balaban J connectivity index is 1.62. The summed E-state index contributed by atoms with van der Waals surface area (Å²) in [5.74, 6) is 1.39. The third-order valence-corrected chi connectivity index (χ3v) is 6.58. The van der Waals surface area contributed by atoms with Gasteiger partial charge in [-0.15, -0.1) is 10.2 Å². The first-order valence-corrected chi connectivity index (χ1v) is 12.6. The standard InChI is InChI=1S/C28H32N8O/c1-5-6-10-21-19-35(25-13-9-16-36(25)28(2,3)4)27(37)34(21)18-20-17-29-15-14-22(20)23-11-7-8-12-24(23)26-30-32-33-31-26/h7-9,11-17,19H,5-6,10,18H2,1-4H3,(H,30,31,32,33). The number of aromatic amines is 1. The number of rotatable bonds is 8. The highest BCUT2D eigenvalue weighted by Gasteiger charge is 2.21. The molecule has 0 aliphatic heterocycles. The summed E-state index contributed by atoms with van der Waals surface area (Å²) in [6, 6.07) is 13.9. The number of aromatic nitrogens is 8. The molecule has 1 N–H and O–H groups in total. The Hall–Kier alpha value is -4.27. The van der Waals surface area contributed by atoms with Gasteiger partial charge in [0.25, 0.3) is 0 Å². The number of benzene rings is 1. The monoisotopic (exact) mass is 496 g/mol. The molecule has 5 aromatic rings. The van der Waals surface area contributed by atoms with Crippen molar-refractivity contribution in [1.82, 2.24) is 39.3 Å². The Morgan fingerprint density at radius 1 is 1.00 bits per heavy atom. The minimum Gasteiger partial charge on any atom is -0.329 e. The lowest BCUT2D eigenvalue weighted by atomic mass is 9.96. The first-order valence-electron chi connectivity index (χ1n) is 12.6. The van der Waals surface area contributed by atoms with E-state index in [4.69, 9.17) is 0 Å². The Bertz CT molecular complexity index is 1550. The van der Waals surface area contributed by atoms with E-state index in [1.807, 2.05) is 65.6 Å². The largest absolute Gasteiger partial charge is 0.334 e. The maximum absolute atomic E-state index is 13.9. The van der Waals surface area contributed by atoms with E-state index in [1.165, 1.54) is 0 Å². The number of hydrogen-bond acceptors (Lipinski definition) is 5. The fourth-order valence-electron chi connectivity index (χ4n) is 4.73. The normalized spacial score (nSPS) is 11.8. The summed E-state index contributed by atoms with van der Waals surface area (Å²) in [6.45, 7) is 8.99. The molecule has 0 radical (unpaired) electrons. The molecule has 9 nitrogen and oxygen atoms in total. The summed E-state index contributed by atoms with van der Waals surface area (Å²) >= 11 is 0. The quantitative estimate of drug-likeness (QED) is 0.332. The van der Waals surface area contributed by atoms with Crippen LogP contribution in [-0.2, 0) is 18.5 Å². The lowest BCUT2D eigenvalue weighted by molar-refractivity contribution is 0.393. The van der Waals surface area contributed by atoms with Crippen LogP contribution in [-0.4, -0.2) is 39.3 Å². The highest BCUT2D eigenvalue weighted by atomic mass is 16.1. The van der Waals surface area contributed by atoms with E-state index in [-0.39, 0.29) is 11.2 Å². The number of imidazole rings is 1. The average Bonchev–Trinajstić information content (AvgIpc) is 3.65. The zero-order chi connectivity index (χ0) is 26.0. The summed E-state index contributed by atoms with van der Waals surface area (Å²) in [7, 11) is 0. The number of unbranched alkanes of at least 4 members (excludes halogenated alkanes) is 1. The van der Waals surface area contributed by atoms with Crippen molar-refractivity contribution in [3.8, 4) is 28.3 Å². The molecule has 0 unspecified atom stereocenters. The van der Waals surface area contributed by atoms with Crippen LogP contribution < -0.4 is 5.69 Å². The average molecular weight is 497 g/mol. The fraction of sp³-hybridized carbons (Fsp3) is 0.321. The minimum atomic E-state index is -0.153. The molecule has 0 fully saturated rings. The van der Waals surface area contributed by atoms with Gasteiger partial charge in [0, 0.05) is 41.6 Å². The second kappa shape index (κ2) is 10.0. The Morgan fingerprint density at radius 3 is 2.54 bits per heavy atom. The zero-order valence-corrected chi connectivity index (χ0v) is 21.7. The van der Waals surface area contributed by atoms with Crippen LogP contribution in [0.3, 0.4) is 0 Å². The van der Waals surface area contributed by atoms with Crippen LogP contribution in [0.25, 0.3) is 28.3 Å². The molecule has 0 aliphatic carbocycles. The van der Waals surface area contributed by atoms with Gasteiger partial charge >= 0.3 is 5.69 Å². The van der Waals surface area contributed by atoms with Crippen molar-refractivity contribution in [2.45, 2.75) is 59.0 Å². The summed E-state index contributed by atoms with van der Waals surface area (Å²) in [5.41, 5.74) is 4.55. The van der Waals surface area contributed by atoms with Crippen molar-refractivity contribution in [2.24, 2.45) is 0 Å². The Labute approximate surface area is 215 Å². The molecule has 9 heteroatoms. The van der Waals surface area contributed by atoms with Gasteiger partial charge in [0.15, 0.2) is 0 Å². The number of nitrogens with zero attached hydrogens (tertiary/aromatic N) is 7. The number of H-pyrrole nitrogens is 1. The molecule has 5 rings (SSSR count). The van der Waals surface area contributed by atoms with E-state index in [9.17, 15) is 4.79 Å². The molecular formula is C28H32N8O. The molecule has 1 aromatic carbocycles. The van der Waals surface area contributed by atoms with Crippen LogP contribution in [0.5, 0.6) is 0 Å². The van der Waals surface area contributed by atoms with Crippen LogP contribution in [0.4, 0.5) is 0 Å². The smallest absolute Gasteiger partial charge is 0.329 e. The fourth-order valence-corrected chi connectivity index (χ4v) is 4.73. The number of nitrogens with one attached hydrogen (secondary N) is 1. The SMILES string of the molecule is CCCCc1cn(-c2cccn2C(C)(C)C)c(=O)n1Cc1cnccc1-c1ccccc1-c1nn[nH]n1. The van der Waals surface area contributed by atoms with E-state index >= 15 is 0 Å². The van der Waals surface area contributed by atoms with Crippen LogP contribution >= 0.6 is 0 Å². The third-order valence-electron chi connectivity index (χ3n) is 6.58. The van der Waals surface area contributed by atoms with E-state index in [0.717, 1.165) is 53.0 Å². The Morgan fingerprint density at radius 2 is 1.81 bits per heavy atom.